The molecule has 108 valence electrons. The number of aromatic nitrogens is 1. The minimum atomic E-state index is 0.313. The summed E-state index contributed by atoms with van der Waals surface area (Å²) in [7, 11) is 0. The van der Waals surface area contributed by atoms with Gasteiger partial charge in [-0.15, -0.1) is 11.3 Å². The molecule has 1 aliphatic rings. The minimum absolute atomic E-state index is 0.313. The lowest BCUT2D eigenvalue weighted by Crippen LogP contribution is -2.25. The van der Waals surface area contributed by atoms with Crippen molar-refractivity contribution >= 4 is 21.6 Å². The first-order valence-electron chi connectivity index (χ1n) is 7.50. The van der Waals surface area contributed by atoms with Crippen LogP contribution >= 0.6 is 11.3 Å². The van der Waals surface area contributed by atoms with Crippen LogP contribution in [0.3, 0.4) is 0 Å². The Morgan fingerprint density at radius 2 is 2.25 bits per heavy atom. The molecule has 3 atom stereocenters. The number of para-hydroxylation sites is 1. The number of hydrogen-bond acceptors (Lipinski definition) is 4. The zero-order chi connectivity index (χ0) is 13.9. The molecular formula is C16H22N2OS. The van der Waals surface area contributed by atoms with Crippen LogP contribution in [0.25, 0.3) is 10.2 Å². The SMILES string of the molecule is CCNC(CC1CCC(C)O1)c1nc2ccccc2s1. The number of rotatable bonds is 5. The molecule has 3 rings (SSSR count). The number of nitrogens with one attached hydrogen (secondary N) is 1. The highest BCUT2D eigenvalue weighted by atomic mass is 32.1. The van der Waals surface area contributed by atoms with Gasteiger partial charge in [0.2, 0.25) is 0 Å². The lowest BCUT2D eigenvalue weighted by Gasteiger charge is -2.19. The highest BCUT2D eigenvalue weighted by Crippen LogP contribution is 2.32. The van der Waals surface area contributed by atoms with Gasteiger partial charge < -0.3 is 10.1 Å². The Kier molecular flexibility index (Phi) is 4.34. The van der Waals surface area contributed by atoms with Crippen molar-refractivity contribution in [1.82, 2.24) is 10.3 Å². The monoisotopic (exact) mass is 290 g/mol. The van der Waals surface area contributed by atoms with Gasteiger partial charge in [-0.25, -0.2) is 4.98 Å². The van der Waals surface area contributed by atoms with E-state index in [9.17, 15) is 0 Å². The maximum atomic E-state index is 5.97. The van der Waals surface area contributed by atoms with Crippen LogP contribution in [0, 0.1) is 0 Å². The summed E-state index contributed by atoms with van der Waals surface area (Å²) in [6.07, 6.45) is 4.17. The van der Waals surface area contributed by atoms with Crippen molar-refractivity contribution in [2.24, 2.45) is 0 Å². The predicted molar refractivity (Wildman–Crippen MR) is 84.2 cm³/mol. The summed E-state index contributed by atoms with van der Waals surface area (Å²) >= 11 is 1.80. The van der Waals surface area contributed by atoms with Crippen LogP contribution in [0.15, 0.2) is 24.3 Å². The van der Waals surface area contributed by atoms with Crippen molar-refractivity contribution in [3.8, 4) is 0 Å². The fourth-order valence-corrected chi connectivity index (χ4v) is 3.93. The van der Waals surface area contributed by atoms with Crippen molar-refractivity contribution in [1.29, 1.82) is 0 Å². The van der Waals surface area contributed by atoms with Gasteiger partial charge in [-0.3, -0.25) is 0 Å². The van der Waals surface area contributed by atoms with Gasteiger partial charge in [0, 0.05) is 0 Å². The summed E-state index contributed by atoms with van der Waals surface area (Å²) in [5.41, 5.74) is 1.11. The van der Waals surface area contributed by atoms with Gasteiger partial charge in [0.25, 0.3) is 0 Å². The van der Waals surface area contributed by atoms with Crippen LogP contribution in [0.1, 0.15) is 44.2 Å². The Hall–Kier alpha value is -0.970. The van der Waals surface area contributed by atoms with Crippen LogP contribution in [0.2, 0.25) is 0 Å². The summed E-state index contributed by atoms with van der Waals surface area (Å²) in [4.78, 5) is 4.79. The smallest absolute Gasteiger partial charge is 0.111 e. The Balaban J connectivity index is 1.78. The number of ether oxygens (including phenoxy) is 1. The first kappa shape index (κ1) is 14.0. The number of hydrogen-bond donors (Lipinski definition) is 1. The van der Waals surface area contributed by atoms with Gasteiger partial charge in [-0.1, -0.05) is 19.1 Å². The Bertz CT molecular complexity index is 535. The molecule has 0 spiro atoms. The number of nitrogens with zero attached hydrogens (tertiary/aromatic N) is 1. The van der Waals surface area contributed by atoms with E-state index in [1.54, 1.807) is 11.3 Å². The second kappa shape index (κ2) is 6.20. The summed E-state index contributed by atoms with van der Waals surface area (Å²) in [5.74, 6) is 0. The molecule has 0 radical (unpaired) electrons. The van der Waals surface area contributed by atoms with Gasteiger partial charge in [0.1, 0.15) is 5.01 Å². The normalized spacial score (nSPS) is 24.3. The zero-order valence-corrected chi connectivity index (χ0v) is 13.0. The zero-order valence-electron chi connectivity index (χ0n) is 12.1. The van der Waals surface area contributed by atoms with Crippen molar-refractivity contribution in [3.63, 3.8) is 0 Å². The molecule has 2 aromatic rings. The van der Waals surface area contributed by atoms with E-state index < -0.39 is 0 Å². The molecule has 20 heavy (non-hydrogen) atoms. The van der Waals surface area contributed by atoms with E-state index in [2.05, 4.69) is 43.4 Å². The molecule has 4 heteroatoms. The first-order chi connectivity index (χ1) is 9.76. The molecular weight excluding hydrogens is 268 g/mol. The number of fused-ring (bicyclic) bond motifs is 1. The van der Waals surface area contributed by atoms with E-state index in [1.165, 1.54) is 22.5 Å². The van der Waals surface area contributed by atoms with Crippen LogP contribution < -0.4 is 5.32 Å². The molecule has 1 fully saturated rings. The summed E-state index contributed by atoms with van der Waals surface area (Å²) in [5, 5.41) is 4.76. The first-order valence-corrected chi connectivity index (χ1v) is 8.32. The highest BCUT2D eigenvalue weighted by molar-refractivity contribution is 7.18. The third-order valence-corrected chi connectivity index (χ3v) is 5.03. The Labute approximate surface area is 124 Å². The summed E-state index contributed by atoms with van der Waals surface area (Å²) in [6.45, 7) is 5.28. The lowest BCUT2D eigenvalue weighted by atomic mass is 10.1. The summed E-state index contributed by atoms with van der Waals surface area (Å²) < 4.78 is 7.24. The summed E-state index contributed by atoms with van der Waals surface area (Å²) in [6, 6.07) is 8.68. The van der Waals surface area contributed by atoms with E-state index in [0.29, 0.717) is 18.2 Å². The molecule has 0 bridgehead atoms. The molecule has 1 aromatic carbocycles. The standard InChI is InChI=1S/C16H22N2OS/c1-3-17-14(10-12-9-8-11(2)19-12)16-18-13-6-4-5-7-15(13)20-16/h4-7,11-12,14,17H,3,8-10H2,1-2H3. The van der Waals surface area contributed by atoms with Crippen molar-refractivity contribution < 1.29 is 4.74 Å². The topological polar surface area (TPSA) is 34.1 Å². The molecule has 1 aromatic heterocycles. The van der Waals surface area contributed by atoms with Crippen LogP contribution in [0.4, 0.5) is 0 Å². The maximum Gasteiger partial charge on any atom is 0.111 e. The van der Waals surface area contributed by atoms with Gasteiger partial charge in [-0.05, 0) is 44.9 Å². The van der Waals surface area contributed by atoms with Crippen LogP contribution in [-0.2, 0) is 4.74 Å². The molecule has 1 saturated heterocycles. The quantitative estimate of drug-likeness (QED) is 0.906. The second-order valence-electron chi connectivity index (χ2n) is 5.51. The number of thiazole rings is 1. The van der Waals surface area contributed by atoms with E-state index in [0.717, 1.165) is 18.5 Å². The van der Waals surface area contributed by atoms with E-state index in [-0.39, 0.29) is 0 Å². The molecule has 3 nitrogen and oxygen atoms in total. The molecule has 0 saturated carbocycles. The van der Waals surface area contributed by atoms with E-state index in [4.69, 9.17) is 9.72 Å². The Morgan fingerprint density at radius 3 is 2.95 bits per heavy atom. The van der Waals surface area contributed by atoms with E-state index >= 15 is 0 Å². The van der Waals surface area contributed by atoms with Crippen LogP contribution in [-0.4, -0.2) is 23.7 Å². The number of benzene rings is 1. The fourth-order valence-electron chi connectivity index (χ4n) is 2.88. The molecule has 3 unspecified atom stereocenters. The molecule has 0 amide bonds. The van der Waals surface area contributed by atoms with Gasteiger partial charge in [0.05, 0.1) is 28.5 Å². The fraction of sp³-hybridized carbons (Fsp3) is 0.562. The third-order valence-electron chi connectivity index (χ3n) is 3.88. The molecule has 1 aliphatic heterocycles. The lowest BCUT2D eigenvalue weighted by molar-refractivity contribution is 0.0446. The Morgan fingerprint density at radius 1 is 1.40 bits per heavy atom. The average molecular weight is 290 g/mol. The molecule has 2 heterocycles. The predicted octanol–water partition coefficient (Wildman–Crippen LogP) is 3.90. The average Bonchev–Trinajstić information content (AvgIpc) is 3.04. The van der Waals surface area contributed by atoms with E-state index in [1.807, 2.05) is 0 Å². The molecule has 1 N–H and O–H groups in total. The highest BCUT2D eigenvalue weighted by Gasteiger charge is 2.26. The second-order valence-corrected chi connectivity index (χ2v) is 6.57. The van der Waals surface area contributed by atoms with Crippen molar-refractivity contribution in [2.45, 2.75) is 51.4 Å². The largest absolute Gasteiger partial charge is 0.375 e. The van der Waals surface area contributed by atoms with Gasteiger partial charge >= 0.3 is 0 Å². The van der Waals surface area contributed by atoms with Crippen LogP contribution in [0.5, 0.6) is 0 Å². The van der Waals surface area contributed by atoms with Gasteiger partial charge in [0.15, 0.2) is 0 Å². The van der Waals surface area contributed by atoms with Crippen molar-refractivity contribution in [3.05, 3.63) is 29.3 Å². The minimum Gasteiger partial charge on any atom is -0.375 e. The van der Waals surface area contributed by atoms with Gasteiger partial charge in [-0.2, -0.15) is 0 Å². The molecule has 0 aliphatic carbocycles. The third kappa shape index (κ3) is 3.03. The maximum absolute atomic E-state index is 5.97. The van der Waals surface area contributed by atoms with Crippen molar-refractivity contribution in [2.75, 3.05) is 6.54 Å².